The molecule has 1 saturated carbocycles. The van der Waals surface area contributed by atoms with Gasteiger partial charge in [0.1, 0.15) is 0 Å². The van der Waals surface area contributed by atoms with Crippen molar-refractivity contribution in [3.8, 4) is 0 Å². The molecule has 6 nitrogen and oxygen atoms in total. The van der Waals surface area contributed by atoms with Crippen molar-refractivity contribution < 1.29 is 9.59 Å². The average molecular weight is 264 g/mol. The summed E-state index contributed by atoms with van der Waals surface area (Å²) in [5.41, 5.74) is 5.44. The maximum absolute atomic E-state index is 12.1. The van der Waals surface area contributed by atoms with Crippen molar-refractivity contribution in [2.75, 3.05) is 0 Å². The van der Waals surface area contributed by atoms with Gasteiger partial charge >= 0.3 is 0 Å². The van der Waals surface area contributed by atoms with Gasteiger partial charge in [-0.05, 0) is 12.8 Å². The highest BCUT2D eigenvalue weighted by atomic mass is 16.2. The zero-order valence-electron chi connectivity index (χ0n) is 11.1. The molecular formula is C13H20N4O2. The fraction of sp³-hybridized carbons (Fsp3) is 0.615. The Labute approximate surface area is 112 Å². The fourth-order valence-corrected chi connectivity index (χ4v) is 2.64. The molecule has 1 aromatic heterocycles. The van der Waals surface area contributed by atoms with Crippen LogP contribution in [0.4, 0.5) is 0 Å². The van der Waals surface area contributed by atoms with Crippen molar-refractivity contribution in [2.45, 2.75) is 38.1 Å². The first-order valence-electron chi connectivity index (χ1n) is 6.67. The van der Waals surface area contributed by atoms with Crippen LogP contribution in [-0.2, 0) is 11.8 Å². The summed E-state index contributed by atoms with van der Waals surface area (Å²) in [5.74, 6) is -0.489. The predicted octanol–water partition coefficient (Wildman–Crippen LogP) is 0.584. The Morgan fingerprint density at radius 1 is 1.37 bits per heavy atom. The van der Waals surface area contributed by atoms with E-state index in [9.17, 15) is 9.59 Å². The summed E-state index contributed by atoms with van der Waals surface area (Å²) in [6, 6.07) is -0.177. The standard InChI is InChI=1S/C13H20N4O2/c1-17-8-7-15-12(17)13(19)16-10-6-4-2-3-5-9(10)11(14)18/h7-10H,2-6H2,1H3,(H2,14,18)(H,16,19)/t9-,10+/m1/s1. The highest BCUT2D eigenvalue weighted by molar-refractivity contribution is 5.91. The number of imidazole rings is 1. The summed E-state index contributed by atoms with van der Waals surface area (Å²) in [6.07, 6.45) is 7.92. The number of amides is 2. The van der Waals surface area contributed by atoms with Crippen molar-refractivity contribution in [1.82, 2.24) is 14.9 Å². The summed E-state index contributed by atoms with van der Waals surface area (Å²) < 4.78 is 1.66. The summed E-state index contributed by atoms with van der Waals surface area (Å²) in [6.45, 7) is 0. The van der Waals surface area contributed by atoms with Crippen LogP contribution in [0.1, 0.15) is 42.7 Å². The highest BCUT2D eigenvalue weighted by Gasteiger charge is 2.30. The van der Waals surface area contributed by atoms with Crippen molar-refractivity contribution in [3.63, 3.8) is 0 Å². The number of primary amides is 1. The summed E-state index contributed by atoms with van der Waals surface area (Å²) in [5, 5.41) is 2.91. The number of nitrogens with two attached hydrogens (primary N) is 1. The van der Waals surface area contributed by atoms with E-state index in [2.05, 4.69) is 10.3 Å². The lowest BCUT2D eigenvalue weighted by Crippen LogP contribution is -2.45. The minimum absolute atomic E-state index is 0.177. The summed E-state index contributed by atoms with van der Waals surface area (Å²) in [4.78, 5) is 27.6. The number of aryl methyl sites for hydroxylation is 1. The van der Waals surface area contributed by atoms with E-state index in [4.69, 9.17) is 5.73 Å². The second-order valence-corrected chi connectivity index (χ2v) is 5.09. The quantitative estimate of drug-likeness (QED) is 0.783. The van der Waals surface area contributed by atoms with Gasteiger partial charge in [0.2, 0.25) is 5.91 Å². The third-order valence-corrected chi connectivity index (χ3v) is 3.72. The number of hydrogen-bond donors (Lipinski definition) is 2. The molecule has 0 unspecified atom stereocenters. The highest BCUT2D eigenvalue weighted by Crippen LogP contribution is 2.23. The lowest BCUT2D eigenvalue weighted by Gasteiger charge is -2.23. The van der Waals surface area contributed by atoms with Gasteiger partial charge in [-0.25, -0.2) is 4.98 Å². The van der Waals surface area contributed by atoms with E-state index in [1.54, 1.807) is 24.0 Å². The van der Waals surface area contributed by atoms with Gasteiger partial charge in [0.05, 0.1) is 5.92 Å². The maximum atomic E-state index is 12.1. The van der Waals surface area contributed by atoms with E-state index in [0.29, 0.717) is 5.82 Å². The van der Waals surface area contributed by atoms with Gasteiger partial charge in [-0.1, -0.05) is 19.3 Å². The van der Waals surface area contributed by atoms with Crippen molar-refractivity contribution in [1.29, 1.82) is 0 Å². The third-order valence-electron chi connectivity index (χ3n) is 3.72. The molecule has 1 aliphatic carbocycles. The number of carbonyl (C=O) groups is 2. The number of nitrogens with zero attached hydrogens (tertiary/aromatic N) is 2. The van der Waals surface area contributed by atoms with Gasteiger partial charge in [0.15, 0.2) is 5.82 Å². The Kier molecular flexibility index (Phi) is 4.19. The Bertz CT molecular complexity index is 469. The molecule has 19 heavy (non-hydrogen) atoms. The van der Waals surface area contributed by atoms with E-state index in [-0.39, 0.29) is 23.8 Å². The van der Waals surface area contributed by atoms with Gasteiger partial charge in [-0.3, -0.25) is 9.59 Å². The van der Waals surface area contributed by atoms with E-state index < -0.39 is 0 Å². The number of carbonyl (C=O) groups excluding carboxylic acids is 2. The van der Waals surface area contributed by atoms with Crippen LogP contribution >= 0.6 is 0 Å². The van der Waals surface area contributed by atoms with Crippen LogP contribution in [0.15, 0.2) is 12.4 Å². The SMILES string of the molecule is Cn1ccnc1C(=O)N[C@H]1CCCCC[C@H]1C(N)=O. The molecule has 2 atom stereocenters. The van der Waals surface area contributed by atoms with Gasteiger partial charge in [-0.2, -0.15) is 0 Å². The third kappa shape index (κ3) is 3.13. The van der Waals surface area contributed by atoms with Crippen LogP contribution in [-0.4, -0.2) is 27.4 Å². The summed E-state index contributed by atoms with van der Waals surface area (Å²) in [7, 11) is 1.76. The normalized spacial score (nSPS) is 23.6. The number of rotatable bonds is 3. The molecule has 2 amide bonds. The van der Waals surface area contributed by atoms with Crippen LogP contribution in [0.5, 0.6) is 0 Å². The van der Waals surface area contributed by atoms with E-state index in [1.807, 2.05) is 0 Å². The second kappa shape index (κ2) is 5.86. The molecule has 1 aromatic rings. The monoisotopic (exact) mass is 264 g/mol. The van der Waals surface area contributed by atoms with E-state index >= 15 is 0 Å². The first kappa shape index (κ1) is 13.6. The number of hydrogen-bond acceptors (Lipinski definition) is 3. The second-order valence-electron chi connectivity index (χ2n) is 5.09. The smallest absolute Gasteiger partial charge is 0.287 e. The molecule has 104 valence electrons. The number of aromatic nitrogens is 2. The topological polar surface area (TPSA) is 90.0 Å². The van der Waals surface area contributed by atoms with Gasteiger partial charge in [0, 0.05) is 25.5 Å². The first-order chi connectivity index (χ1) is 9.09. The van der Waals surface area contributed by atoms with E-state index in [1.165, 1.54) is 0 Å². The Hall–Kier alpha value is -1.85. The van der Waals surface area contributed by atoms with Crippen LogP contribution < -0.4 is 11.1 Å². The molecule has 2 rings (SSSR count). The Balaban J connectivity index is 2.08. The van der Waals surface area contributed by atoms with Gasteiger partial charge in [0.25, 0.3) is 5.91 Å². The van der Waals surface area contributed by atoms with E-state index in [0.717, 1.165) is 32.1 Å². The molecule has 0 radical (unpaired) electrons. The minimum atomic E-state index is -0.327. The molecule has 6 heteroatoms. The van der Waals surface area contributed by atoms with Crippen LogP contribution in [0.25, 0.3) is 0 Å². The molecule has 1 fully saturated rings. The average Bonchev–Trinajstić information content (AvgIpc) is 2.65. The van der Waals surface area contributed by atoms with Crippen LogP contribution in [0.3, 0.4) is 0 Å². The molecule has 0 spiro atoms. The zero-order chi connectivity index (χ0) is 13.8. The fourth-order valence-electron chi connectivity index (χ4n) is 2.64. The van der Waals surface area contributed by atoms with Crippen molar-refractivity contribution >= 4 is 11.8 Å². The van der Waals surface area contributed by atoms with Crippen molar-refractivity contribution in [2.24, 2.45) is 18.7 Å². The molecule has 3 N–H and O–H groups in total. The van der Waals surface area contributed by atoms with Crippen LogP contribution in [0, 0.1) is 5.92 Å². The Morgan fingerprint density at radius 3 is 2.74 bits per heavy atom. The molecule has 1 aliphatic rings. The molecule has 0 aromatic carbocycles. The molecule has 0 bridgehead atoms. The van der Waals surface area contributed by atoms with Crippen LogP contribution in [0.2, 0.25) is 0 Å². The van der Waals surface area contributed by atoms with Gasteiger partial charge in [-0.15, -0.1) is 0 Å². The Morgan fingerprint density at radius 2 is 2.11 bits per heavy atom. The molecular weight excluding hydrogens is 244 g/mol. The van der Waals surface area contributed by atoms with Crippen molar-refractivity contribution in [3.05, 3.63) is 18.2 Å². The molecule has 0 aliphatic heterocycles. The maximum Gasteiger partial charge on any atom is 0.287 e. The lowest BCUT2D eigenvalue weighted by molar-refractivity contribution is -0.122. The predicted molar refractivity (Wildman–Crippen MR) is 70.2 cm³/mol. The zero-order valence-corrected chi connectivity index (χ0v) is 11.1. The van der Waals surface area contributed by atoms with Gasteiger partial charge < -0.3 is 15.6 Å². The first-order valence-corrected chi connectivity index (χ1v) is 6.67. The lowest BCUT2D eigenvalue weighted by atomic mass is 9.94. The molecule has 1 heterocycles. The minimum Gasteiger partial charge on any atom is -0.369 e. The summed E-state index contributed by atoms with van der Waals surface area (Å²) >= 11 is 0. The molecule has 0 saturated heterocycles. The number of nitrogens with one attached hydrogen (secondary N) is 1. The largest absolute Gasteiger partial charge is 0.369 e.